The summed E-state index contributed by atoms with van der Waals surface area (Å²) in [7, 11) is 0. The number of quaternary nitrogens is 1. The molecule has 0 radical (unpaired) electrons. The minimum atomic E-state index is -0.928. The van der Waals surface area contributed by atoms with Crippen LogP contribution in [-0.4, -0.2) is 90.4 Å². The third kappa shape index (κ3) is 8.21. The van der Waals surface area contributed by atoms with E-state index in [0.717, 1.165) is 79.6 Å². The first-order valence-electron chi connectivity index (χ1n) is 18.9. The maximum absolute atomic E-state index is 12.0. The highest BCUT2D eigenvalue weighted by atomic mass is 16.5. The number of hydrogen-bond acceptors (Lipinski definition) is 8. The molecule has 274 valence electrons. The lowest BCUT2D eigenvalue weighted by molar-refractivity contribution is -0.946. The van der Waals surface area contributed by atoms with E-state index < -0.39 is 11.7 Å². The molecule has 1 amide bonds. The number of hydrogen-bond donors (Lipinski definition) is 5. The van der Waals surface area contributed by atoms with E-state index in [0.29, 0.717) is 36.1 Å². The van der Waals surface area contributed by atoms with Gasteiger partial charge in [-0.3, -0.25) is 4.79 Å². The first kappa shape index (κ1) is 35.7. The Morgan fingerprint density at radius 2 is 1.78 bits per heavy atom. The molecule has 1 saturated carbocycles. The number of phenolic OH excluding ortho intramolecular Hbond substituents is 1. The van der Waals surface area contributed by atoms with Crippen molar-refractivity contribution >= 4 is 11.6 Å². The highest BCUT2D eigenvalue weighted by Gasteiger charge is 2.48. The SMILES string of the molecule is C[C@@H](Cc1ccc(OCC[N+]23CCC(CC2)[C@@H](OC[C@@](O)(c2ccccc2)C2CCCC2)C3)cc1)NC[C@H](O)c1cc(O)cc2c1OCC(=O)N2. The number of amides is 1. The van der Waals surface area contributed by atoms with Gasteiger partial charge in [0.1, 0.15) is 48.6 Å². The number of nitrogens with zero attached hydrogens (tertiary/aromatic N) is 1. The summed E-state index contributed by atoms with van der Waals surface area (Å²) < 4.78 is 19.6. The van der Waals surface area contributed by atoms with Crippen LogP contribution in [0.1, 0.15) is 68.2 Å². The standard InChI is InChI=1S/C41H53N3O7/c1-28(42-24-37(46)35-22-33(45)23-36-40(35)50-26-39(47)43-36)21-29-11-13-34(14-12-29)49-20-19-44-17-15-30(16-18-44)38(25-44)51-27-41(48,32-9-5-6-10-32)31-7-3-2-4-8-31/h2-4,7-8,11-14,22-23,28,30,32,37-38,42,46,48H,5-6,9-10,15-21,24-27H2,1H3,(H-,43,45,47)/p+1/t28-,30?,37-,38-,41+,44?/m0/s1. The number of anilines is 1. The predicted molar refractivity (Wildman–Crippen MR) is 195 cm³/mol. The first-order chi connectivity index (χ1) is 24.7. The van der Waals surface area contributed by atoms with Crippen molar-refractivity contribution in [2.75, 3.05) is 57.9 Å². The predicted octanol–water partition coefficient (Wildman–Crippen LogP) is 5.06. The summed E-state index contributed by atoms with van der Waals surface area (Å²) in [4.78, 5) is 11.7. The topological polar surface area (TPSA) is 130 Å². The van der Waals surface area contributed by atoms with E-state index in [1.807, 2.05) is 30.3 Å². The van der Waals surface area contributed by atoms with Crippen LogP contribution in [0, 0.1) is 11.8 Å². The number of rotatable bonds is 15. The number of aliphatic hydroxyl groups excluding tert-OH is 1. The van der Waals surface area contributed by atoms with E-state index in [-0.39, 0.29) is 42.9 Å². The Morgan fingerprint density at radius 3 is 2.53 bits per heavy atom. The molecule has 4 fully saturated rings. The van der Waals surface area contributed by atoms with E-state index in [9.17, 15) is 20.1 Å². The lowest BCUT2D eigenvalue weighted by atomic mass is 9.80. The van der Waals surface area contributed by atoms with Crippen molar-refractivity contribution in [1.82, 2.24) is 5.32 Å². The Morgan fingerprint density at radius 1 is 1.04 bits per heavy atom. The van der Waals surface area contributed by atoms with Gasteiger partial charge in [0.15, 0.2) is 6.61 Å². The molecule has 3 aromatic carbocycles. The molecule has 0 unspecified atom stereocenters. The highest BCUT2D eigenvalue weighted by molar-refractivity contribution is 5.96. The number of phenols is 1. The van der Waals surface area contributed by atoms with E-state index in [2.05, 4.69) is 41.8 Å². The summed E-state index contributed by atoms with van der Waals surface area (Å²) in [6.45, 7) is 7.48. The van der Waals surface area contributed by atoms with Crippen LogP contribution in [-0.2, 0) is 21.6 Å². The van der Waals surface area contributed by atoms with Crippen LogP contribution in [0.3, 0.4) is 0 Å². The van der Waals surface area contributed by atoms with Crippen molar-refractivity contribution in [2.45, 2.75) is 75.7 Å². The second-order valence-electron chi connectivity index (χ2n) is 15.4. The maximum Gasteiger partial charge on any atom is 0.262 e. The van der Waals surface area contributed by atoms with Gasteiger partial charge in [0.25, 0.3) is 5.91 Å². The van der Waals surface area contributed by atoms with Crippen molar-refractivity contribution in [3.05, 3.63) is 83.4 Å². The molecule has 10 nitrogen and oxygen atoms in total. The molecule has 1 aliphatic carbocycles. The Balaban J connectivity index is 0.872. The smallest absolute Gasteiger partial charge is 0.262 e. The van der Waals surface area contributed by atoms with Gasteiger partial charge in [-0.1, -0.05) is 55.3 Å². The number of aliphatic hydroxyl groups is 2. The fourth-order valence-electron chi connectivity index (χ4n) is 8.91. The molecule has 4 atom stereocenters. The second kappa shape index (κ2) is 15.5. The van der Waals surface area contributed by atoms with Gasteiger partial charge >= 0.3 is 0 Å². The summed E-state index contributed by atoms with van der Waals surface area (Å²) in [6.07, 6.45) is 6.82. The van der Waals surface area contributed by atoms with Crippen LogP contribution in [0.5, 0.6) is 17.2 Å². The molecule has 5 N–H and O–H groups in total. The number of ether oxygens (including phenoxy) is 3. The Hall–Kier alpha value is -3.67. The third-order valence-electron chi connectivity index (χ3n) is 11.9. The van der Waals surface area contributed by atoms with E-state index >= 15 is 0 Å². The van der Waals surface area contributed by atoms with Crippen LogP contribution >= 0.6 is 0 Å². The minimum absolute atomic E-state index is 0.0468. The minimum Gasteiger partial charge on any atom is -0.508 e. The zero-order valence-electron chi connectivity index (χ0n) is 29.8. The summed E-state index contributed by atoms with van der Waals surface area (Å²) in [5, 5.41) is 39.1. The number of carbonyl (C=O) groups is 1. The summed E-state index contributed by atoms with van der Waals surface area (Å²) in [6, 6.07) is 21.4. The van der Waals surface area contributed by atoms with Crippen LogP contribution in [0.25, 0.3) is 0 Å². The molecule has 3 saturated heterocycles. The average molecular weight is 701 g/mol. The number of fused-ring (bicyclic) bond motifs is 4. The van der Waals surface area contributed by atoms with Crippen molar-refractivity contribution < 1.29 is 38.8 Å². The van der Waals surface area contributed by atoms with Crippen LogP contribution in [0.2, 0.25) is 0 Å². The lowest BCUT2D eigenvalue weighted by Gasteiger charge is -2.52. The van der Waals surface area contributed by atoms with Gasteiger partial charge in [0.05, 0.1) is 31.5 Å². The first-order valence-corrected chi connectivity index (χ1v) is 18.9. The summed E-state index contributed by atoms with van der Waals surface area (Å²) in [5.41, 5.74) is 2.01. The van der Waals surface area contributed by atoms with Gasteiger partial charge in [-0.2, -0.15) is 0 Å². The third-order valence-corrected chi connectivity index (χ3v) is 11.9. The molecule has 3 aromatic rings. The molecule has 10 heteroatoms. The Labute approximate surface area is 301 Å². The fourth-order valence-corrected chi connectivity index (χ4v) is 8.91. The molecule has 2 bridgehead atoms. The highest BCUT2D eigenvalue weighted by Crippen LogP contribution is 2.43. The number of aromatic hydroxyl groups is 1. The maximum atomic E-state index is 12.0. The van der Waals surface area contributed by atoms with Gasteiger partial charge in [0, 0.05) is 43.0 Å². The molecule has 4 heterocycles. The van der Waals surface area contributed by atoms with Crippen LogP contribution < -0.4 is 20.1 Å². The normalized spacial score (nSPS) is 25.4. The van der Waals surface area contributed by atoms with Gasteiger partial charge in [-0.25, -0.2) is 0 Å². The van der Waals surface area contributed by atoms with Gasteiger partial charge in [-0.05, 0) is 61.4 Å². The molecule has 0 aromatic heterocycles. The zero-order chi connectivity index (χ0) is 35.4. The molecular weight excluding hydrogens is 646 g/mol. The molecule has 8 rings (SSSR count). The number of piperidine rings is 3. The van der Waals surface area contributed by atoms with Crippen molar-refractivity contribution in [1.29, 1.82) is 0 Å². The Bertz CT molecular complexity index is 1620. The average Bonchev–Trinajstić information content (AvgIpc) is 3.70. The van der Waals surface area contributed by atoms with Crippen molar-refractivity contribution in [2.24, 2.45) is 11.8 Å². The monoisotopic (exact) mass is 700 g/mol. The largest absolute Gasteiger partial charge is 0.508 e. The molecule has 0 spiro atoms. The van der Waals surface area contributed by atoms with Gasteiger partial charge in [0.2, 0.25) is 0 Å². The Kier molecular flexibility index (Phi) is 10.9. The number of carbonyl (C=O) groups excluding carboxylic acids is 1. The molecule has 5 aliphatic rings. The van der Waals surface area contributed by atoms with Gasteiger partial charge < -0.3 is 44.6 Å². The van der Waals surface area contributed by atoms with E-state index in [1.54, 1.807) is 0 Å². The number of benzene rings is 3. The lowest BCUT2D eigenvalue weighted by Crippen LogP contribution is -2.65. The fraction of sp³-hybridized carbons (Fsp3) is 0.537. The van der Waals surface area contributed by atoms with Crippen LogP contribution in [0.4, 0.5) is 5.69 Å². The summed E-state index contributed by atoms with van der Waals surface area (Å²) >= 11 is 0. The van der Waals surface area contributed by atoms with Crippen molar-refractivity contribution in [3.8, 4) is 17.2 Å². The quantitative estimate of drug-likeness (QED) is 0.139. The second-order valence-corrected chi connectivity index (χ2v) is 15.4. The molecule has 51 heavy (non-hydrogen) atoms. The summed E-state index contributed by atoms with van der Waals surface area (Å²) in [5.74, 6) is 1.72. The van der Waals surface area contributed by atoms with Crippen LogP contribution in [0.15, 0.2) is 66.7 Å². The van der Waals surface area contributed by atoms with Gasteiger partial charge in [-0.15, -0.1) is 0 Å². The zero-order valence-corrected chi connectivity index (χ0v) is 29.8. The molecule has 4 aliphatic heterocycles. The number of nitrogens with one attached hydrogen (secondary N) is 2. The van der Waals surface area contributed by atoms with E-state index in [4.69, 9.17) is 14.2 Å². The molecular formula is C41H54N3O7+. The van der Waals surface area contributed by atoms with E-state index in [1.165, 1.54) is 25.0 Å². The van der Waals surface area contributed by atoms with Crippen molar-refractivity contribution in [3.63, 3.8) is 0 Å².